The second-order valence-corrected chi connectivity index (χ2v) is 9.25. The van der Waals surface area contributed by atoms with Gasteiger partial charge in [-0.25, -0.2) is 0 Å². The highest BCUT2D eigenvalue weighted by Gasteiger charge is 2.25. The summed E-state index contributed by atoms with van der Waals surface area (Å²) in [6, 6.07) is 13.5. The molecule has 3 aromatic rings. The first-order valence-corrected chi connectivity index (χ1v) is 12.9. The third kappa shape index (κ3) is 5.90. The molecule has 1 heterocycles. The summed E-state index contributed by atoms with van der Waals surface area (Å²) >= 11 is 1.40. The average Bonchev–Trinajstić information content (AvgIpc) is 3.33. The maximum atomic E-state index is 12.8. The Hall–Kier alpha value is -3.20. The molecule has 1 aromatic heterocycles. The van der Waals surface area contributed by atoms with Gasteiger partial charge in [0, 0.05) is 11.6 Å². The van der Waals surface area contributed by atoms with Gasteiger partial charge in [0.2, 0.25) is 5.91 Å². The minimum atomic E-state index is -0.118. The normalized spacial score (nSPS) is 13.9. The van der Waals surface area contributed by atoms with Crippen LogP contribution in [0.3, 0.4) is 0 Å². The molecule has 0 bridgehead atoms. The highest BCUT2D eigenvalue weighted by molar-refractivity contribution is 7.99. The molecule has 1 aliphatic rings. The number of para-hydroxylation sites is 2. The lowest BCUT2D eigenvalue weighted by Crippen LogP contribution is -2.17. The van der Waals surface area contributed by atoms with E-state index >= 15 is 0 Å². The van der Waals surface area contributed by atoms with Crippen molar-refractivity contribution in [1.82, 2.24) is 14.8 Å². The number of hydrogen-bond acceptors (Lipinski definition) is 7. The Kier molecular flexibility index (Phi) is 8.52. The number of aromatic nitrogens is 3. The summed E-state index contributed by atoms with van der Waals surface area (Å²) in [6.45, 7) is 2.45. The molecule has 0 radical (unpaired) electrons. The van der Waals surface area contributed by atoms with Crippen molar-refractivity contribution >= 4 is 23.4 Å². The van der Waals surface area contributed by atoms with Gasteiger partial charge in [-0.1, -0.05) is 43.2 Å². The molecule has 35 heavy (non-hydrogen) atoms. The van der Waals surface area contributed by atoms with Crippen molar-refractivity contribution in [2.75, 3.05) is 31.9 Å². The third-order valence-electron chi connectivity index (χ3n) is 6.04. The standard InChI is InChI=1S/C26H32N4O4S/c1-4-34-21-13-9-8-12-20(21)27-24(31)17-35-26-29-28-25(30(26)19-10-6-5-7-11-19)18-14-15-22(32-2)23(16-18)33-3/h8-9,12-16,19H,4-7,10-11,17H2,1-3H3,(H,27,31). The van der Waals surface area contributed by atoms with Gasteiger partial charge in [0.15, 0.2) is 22.5 Å². The van der Waals surface area contributed by atoms with Gasteiger partial charge in [0.1, 0.15) is 5.75 Å². The summed E-state index contributed by atoms with van der Waals surface area (Å²) in [5, 5.41) is 12.7. The van der Waals surface area contributed by atoms with Crippen LogP contribution in [0.4, 0.5) is 5.69 Å². The van der Waals surface area contributed by atoms with Gasteiger partial charge in [0.05, 0.1) is 32.3 Å². The van der Waals surface area contributed by atoms with E-state index in [0.29, 0.717) is 35.6 Å². The van der Waals surface area contributed by atoms with Crippen LogP contribution in [0.2, 0.25) is 0 Å². The Bertz CT molecular complexity index is 1140. The Morgan fingerprint density at radius 2 is 1.80 bits per heavy atom. The van der Waals surface area contributed by atoms with Crippen molar-refractivity contribution in [2.45, 2.75) is 50.2 Å². The van der Waals surface area contributed by atoms with Crippen molar-refractivity contribution in [3.63, 3.8) is 0 Å². The van der Waals surface area contributed by atoms with Crippen LogP contribution in [0, 0.1) is 0 Å². The van der Waals surface area contributed by atoms with Crippen LogP contribution in [-0.4, -0.2) is 47.3 Å². The van der Waals surface area contributed by atoms with E-state index in [9.17, 15) is 4.79 Å². The van der Waals surface area contributed by atoms with E-state index in [1.807, 2.05) is 49.4 Å². The van der Waals surface area contributed by atoms with Gasteiger partial charge in [-0.2, -0.15) is 0 Å². The van der Waals surface area contributed by atoms with E-state index in [2.05, 4.69) is 20.1 Å². The number of anilines is 1. The largest absolute Gasteiger partial charge is 0.493 e. The number of thioether (sulfide) groups is 1. The lowest BCUT2D eigenvalue weighted by Gasteiger charge is -2.25. The number of nitrogens with zero attached hydrogens (tertiary/aromatic N) is 3. The third-order valence-corrected chi connectivity index (χ3v) is 6.98. The maximum Gasteiger partial charge on any atom is 0.234 e. The maximum absolute atomic E-state index is 12.8. The second kappa shape index (κ2) is 12.0. The molecular weight excluding hydrogens is 464 g/mol. The fourth-order valence-electron chi connectivity index (χ4n) is 4.38. The number of carbonyl (C=O) groups excluding carboxylic acids is 1. The van der Waals surface area contributed by atoms with Crippen LogP contribution in [0.25, 0.3) is 11.4 Å². The number of ether oxygens (including phenoxy) is 3. The molecule has 1 N–H and O–H groups in total. The zero-order valence-corrected chi connectivity index (χ0v) is 21.3. The first-order chi connectivity index (χ1) is 17.1. The minimum Gasteiger partial charge on any atom is -0.493 e. The van der Waals surface area contributed by atoms with Crippen molar-refractivity contribution in [3.05, 3.63) is 42.5 Å². The summed E-state index contributed by atoms with van der Waals surface area (Å²) in [5.74, 6) is 2.85. The molecule has 4 rings (SSSR count). The molecule has 1 saturated carbocycles. The van der Waals surface area contributed by atoms with Crippen molar-refractivity contribution in [1.29, 1.82) is 0 Å². The number of methoxy groups -OCH3 is 2. The fourth-order valence-corrected chi connectivity index (χ4v) is 5.19. The number of amides is 1. The van der Waals surface area contributed by atoms with E-state index in [0.717, 1.165) is 29.4 Å². The highest BCUT2D eigenvalue weighted by atomic mass is 32.2. The van der Waals surface area contributed by atoms with Crippen LogP contribution in [-0.2, 0) is 4.79 Å². The number of nitrogens with one attached hydrogen (secondary N) is 1. The van der Waals surface area contributed by atoms with E-state index in [-0.39, 0.29) is 11.7 Å². The zero-order chi connectivity index (χ0) is 24.6. The van der Waals surface area contributed by atoms with Gasteiger partial charge < -0.3 is 19.5 Å². The fraction of sp³-hybridized carbons (Fsp3) is 0.423. The van der Waals surface area contributed by atoms with Crippen molar-refractivity contribution in [2.24, 2.45) is 0 Å². The highest BCUT2D eigenvalue weighted by Crippen LogP contribution is 2.38. The molecule has 2 aromatic carbocycles. The first-order valence-electron chi connectivity index (χ1n) is 12.0. The van der Waals surface area contributed by atoms with Crippen molar-refractivity contribution in [3.8, 4) is 28.6 Å². The van der Waals surface area contributed by atoms with E-state index < -0.39 is 0 Å². The van der Waals surface area contributed by atoms with Gasteiger partial charge in [0.25, 0.3) is 0 Å². The Morgan fingerprint density at radius 1 is 1.03 bits per heavy atom. The molecule has 1 aliphatic carbocycles. The van der Waals surface area contributed by atoms with E-state index in [1.165, 1.54) is 31.0 Å². The topological polar surface area (TPSA) is 87.5 Å². The Balaban J connectivity index is 1.56. The molecule has 0 spiro atoms. The molecule has 8 nitrogen and oxygen atoms in total. The quantitative estimate of drug-likeness (QED) is 0.366. The SMILES string of the molecule is CCOc1ccccc1NC(=O)CSc1nnc(-c2ccc(OC)c(OC)c2)n1C1CCCCC1. The van der Waals surface area contributed by atoms with Crippen molar-refractivity contribution < 1.29 is 19.0 Å². The van der Waals surface area contributed by atoms with Crippen LogP contribution >= 0.6 is 11.8 Å². The summed E-state index contributed by atoms with van der Waals surface area (Å²) in [6.07, 6.45) is 5.73. The number of rotatable bonds is 10. The zero-order valence-electron chi connectivity index (χ0n) is 20.5. The Labute approximate surface area is 210 Å². The number of carbonyl (C=O) groups is 1. The first kappa shape index (κ1) is 24.9. The van der Waals surface area contributed by atoms with Crippen LogP contribution in [0.5, 0.6) is 17.2 Å². The molecule has 0 aliphatic heterocycles. The van der Waals surface area contributed by atoms with Gasteiger partial charge in [-0.05, 0) is 50.1 Å². The van der Waals surface area contributed by atoms with Gasteiger partial charge >= 0.3 is 0 Å². The summed E-state index contributed by atoms with van der Waals surface area (Å²) in [5.41, 5.74) is 1.57. The Morgan fingerprint density at radius 3 is 2.54 bits per heavy atom. The second-order valence-electron chi connectivity index (χ2n) is 8.30. The smallest absolute Gasteiger partial charge is 0.234 e. The molecule has 9 heteroatoms. The predicted octanol–water partition coefficient (Wildman–Crippen LogP) is 5.60. The molecule has 1 fully saturated rings. The molecular formula is C26H32N4O4S. The molecule has 1 amide bonds. The van der Waals surface area contributed by atoms with Crippen LogP contribution in [0.15, 0.2) is 47.6 Å². The van der Waals surface area contributed by atoms with Crippen LogP contribution in [0.1, 0.15) is 45.1 Å². The average molecular weight is 497 g/mol. The summed E-state index contributed by atoms with van der Waals surface area (Å²) in [4.78, 5) is 12.8. The summed E-state index contributed by atoms with van der Waals surface area (Å²) in [7, 11) is 3.24. The molecule has 0 unspecified atom stereocenters. The molecule has 0 saturated heterocycles. The lowest BCUT2D eigenvalue weighted by molar-refractivity contribution is -0.113. The monoisotopic (exact) mass is 496 g/mol. The molecule has 0 atom stereocenters. The van der Waals surface area contributed by atoms with E-state index in [1.54, 1.807) is 14.2 Å². The van der Waals surface area contributed by atoms with E-state index in [4.69, 9.17) is 14.2 Å². The van der Waals surface area contributed by atoms with Crippen LogP contribution < -0.4 is 19.5 Å². The molecule has 186 valence electrons. The van der Waals surface area contributed by atoms with Gasteiger partial charge in [-0.3, -0.25) is 9.36 Å². The minimum absolute atomic E-state index is 0.118. The number of benzene rings is 2. The lowest BCUT2D eigenvalue weighted by atomic mass is 9.95. The number of hydrogen-bond donors (Lipinski definition) is 1. The summed E-state index contributed by atoms with van der Waals surface area (Å²) < 4.78 is 18.7. The van der Waals surface area contributed by atoms with Gasteiger partial charge in [-0.15, -0.1) is 10.2 Å². The predicted molar refractivity (Wildman–Crippen MR) is 138 cm³/mol.